The highest BCUT2D eigenvalue weighted by Crippen LogP contribution is 2.30. The summed E-state index contributed by atoms with van der Waals surface area (Å²) in [6, 6.07) is 6.96. The maximum Gasteiger partial charge on any atom is 0.330 e. The van der Waals surface area contributed by atoms with Gasteiger partial charge >= 0.3 is 5.69 Å². The highest BCUT2D eigenvalue weighted by molar-refractivity contribution is 9.10. The molecule has 1 aromatic carbocycles. The summed E-state index contributed by atoms with van der Waals surface area (Å²) < 4.78 is 7.00. The maximum absolute atomic E-state index is 12.1. The van der Waals surface area contributed by atoms with Gasteiger partial charge in [-0.2, -0.15) is 0 Å². The summed E-state index contributed by atoms with van der Waals surface area (Å²) in [6.45, 7) is -0.510. The summed E-state index contributed by atoms with van der Waals surface area (Å²) in [7, 11) is 0. The Hall–Kier alpha value is -1.78. The first-order valence-electron chi connectivity index (χ1n) is 7.17. The Balaban J connectivity index is 2.11. The third kappa shape index (κ3) is 2.85. The minimum Gasteiger partial charge on any atom is -0.394 e. The molecule has 4 N–H and O–H groups in total. The molecule has 3 rings (SSSR count). The van der Waals surface area contributed by atoms with Gasteiger partial charge in [-0.3, -0.25) is 14.3 Å². The van der Waals surface area contributed by atoms with E-state index in [0.29, 0.717) is 10.0 Å². The lowest BCUT2D eigenvalue weighted by molar-refractivity contribution is -0.0549. The molecule has 9 heteroatoms. The minimum atomic E-state index is -1.42. The number of nitrogens with zero attached hydrogens (tertiary/aromatic N) is 1. The van der Waals surface area contributed by atoms with E-state index in [2.05, 4.69) is 20.9 Å². The number of aromatic nitrogens is 2. The zero-order valence-corrected chi connectivity index (χ0v) is 13.9. The fourth-order valence-electron chi connectivity index (χ4n) is 2.66. The lowest BCUT2D eigenvalue weighted by Gasteiger charge is -2.18. The van der Waals surface area contributed by atoms with Gasteiger partial charge in [0.25, 0.3) is 5.56 Å². The first-order chi connectivity index (χ1) is 11.4. The van der Waals surface area contributed by atoms with Crippen molar-refractivity contribution in [3.63, 3.8) is 0 Å². The van der Waals surface area contributed by atoms with Crippen LogP contribution in [0.4, 0.5) is 0 Å². The second-order valence-corrected chi connectivity index (χ2v) is 6.27. The standard InChI is InChI=1S/C15H15BrN2O6/c16-9-4-2-1-3-7(9)8-5-18(15(23)17-13(8)22)14-12(21)11(20)10(6-19)24-14/h1-5,10-12,14,19-21H,6H2,(H,17,22,23)/t10-,11-,12-,14-/m1/s1. The van der Waals surface area contributed by atoms with E-state index in [1.165, 1.54) is 6.20 Å². The van der Waals surface area contributed by atoms with Crippen LogP contribution in [0, 0.1) is 0 Å². The van der Waals surface area contributed by atoms with Gasteiger partial charge in [-0.15, -0.1) is 0 Å². The molecule has 1 fully saturated rings. The van der Waals surface area contributed by atoms with Crippen LogP contribution in [0.1, 0.15) is 6.23 Å². The highest BCUT2D eigenvalue weighted by Gasteiger charge is 2.43. The molecule has 2 aromatic rings. The summed E-state index contributed by atoms with van der Waals surface area (Å²) in [5, 5.41) is 29.1. The molecule has 0 amide bonds. The number of aromatic amines is 1. The molecule has 8 nitrogen and oxygen atoms in total. The Bertz CT molecular complexity index is 864. The summed E-state index contributed by atoms with van der Waals surface area (Å²) in [5.74, 6) is 0. The number of nitrogens with one attached hydrogen (secondary N) is 1. The molecule has 0 unspecified atom stereocenters. The van der Waals surface area contributed by atoms with Crippen LogP contribution in [-0.2, 0) is 4.74 Å². The molecule has 0 radical (unpaired) electrons. The maximum atomic E-state index is 12.1. The molecular weight excluding hydrogens is 384 g/mol. The van der Waals surface area contributed by atoms with E-state index in [1.807, 2.05) is 0 Å². The Morgan fingerprint density at radius 2 is 1.88 bits per heavy atom. The van der Waals surface area contributed by atoms with Gasteiger partial charge in [0.1, 0.15) is 18.3 Å². The Morgan fingerprint density at radius 1 is 1.17 bits per heavy atom. The van der Waals surface area contributed by atoms with Crippen molar-refractivity contribution in [2.75, 3.05) is 6.61 Å². The van der Waals surface area contributed by atoms with E-state index in [4.69, 9.17) is 9.84 Å². The second kappa shape index (κ2) is 6.61. The average Bonchev–Trinajstić information content (AvgIpc) is 2.84. The topological polar surface area (TPSA) is 125 Å². The smallest absolute Gasteiger partial charge is 0.330 e. The lowest BCUT2D eigenvalue weighted by Crippen LogP contribution is -2.38. The summed E-state index contributed by atoms with van der Waals surface area (Å²) in [5.41, 5.74) is -0.625. The Kier molecular flexibility index (Phi) is 4.70. The fourth-order valence-corrected chi connectivity index (χ4v) is 3.15. The van der Waals surface area contributed by atoms with Gasteiger partial charge in [0.15, 0.2) is 6.23 Å². The molecule has 1 aliphatic rings. The fraction of sp³-hybridized carbons (Fsp3) is 0.333. The first-order valence-corrected chi connectivity index (χ1v) is 7.96. The van der Waals surface area contributed by atoms with E-state index in [1.54, 1.807) is 24.3 Å². The van der Waals surface area contributed by atoms with Crippen LogP contribution in [-0.4, -0.2) is 49.8 Å². The number of aliphatic hydroxyl groups is 3. The predicted octanol–water partition coefficient (Wildman–Crippen LogP) is -0.422. The third-order valence-corrected chi connectivity index (χ3v) is 4.61. The Labute approximate surface area is 144 Å². The number of halogens is 1. The molecule has 4 atom stereocenters. The number of ether oxygens (including phenoxy) is 1. The van der Waals surface area contributed by atoms with Crippen molar-refractivity contribution < 1.29 is 20.1 Å². The Morgan fingerprint density at radius 3 is 2.50 bits per heavy atom. The molecule has 2 heterocycles. The van der Waals surface area contributed by atoms with Crippen LogP contribution in [0.2, 0.25) is 0 Å². The van der Waals surface area contributed by atoms with Gasteiger partial charge in [0.2, 0.25) is 0 Å². The molecule has 0 saturated carbocycles. The molecule has 0 spiro atoms. The van der Waals surface area contributed by atoms with Crippen LogP contribution >= 0.6 is 15.9 Å². The largest absolute Gasteiger partial charge is 0.394 e. The summed E-state index contributed by atoms with van der Waals surface area (Å²) >= 11 is 3.34. The van der Waals surface area contributed by atoms with Gasteiger partial charge in [-0.1, -0.05) is 34.1 Å². The van der Waals surface area contributed by atoms with Crippen LogP contribution in [0.15, 0.2) is 44.5 Å². The second-order valence-electron chi connectivity index (χ2n) is 5.42. The summed E-state index contributed by atoms with van der Waals surface area (Å²) in [6.07, 6.45) is -3.73. The van der Waals surface area contributed by atoms with Crippen molar-refractivity contribution in [1.82, 2.24) is 9.55 Å². The number of hydrogen-bond donors (Lipinski definition) is 4. The van der Waals surface area contributed by atoms with Crippen LogP contribution in [0.5, 0.6) is 0 Å². The normalized spacial score (nSPS) is 26.7. The lowest BCUT2D eigenvalue weighted by atomic mass is 10.1. The van der Waals surface area contributed by atoms with Gasteiger partial charge in [-0.25, -0.2) is 4.79 Å². The van der Waals surface area contributed by atoms with E-state index in [9.17, 15) is 19.8 Å². The van der Waals surface area contributed by atoms with E-state index >= 15 is 0 Å². The molecule has 1 aliphatic heterocycles. The number of benzene rings is 1. The minimum absolute atomic E-state index is 0.194. The number of hydrogen-bond acceptors (Lipinski definition) is 6. The van der Waals surface area contributed by atoms with Crippen LogP contribution in [0.3, 0.4) is 0 Å². The van der Waals surface area contributed by atoms with E-state index < -0.39 is 42.4 Å². The quantitative estimate of drug-likeness (QED) is 0.556. The molecule has 0 bridgehead atoms. The van der Waals surface area contributed by atoms with Crippen molar-refractivity contribution in [2.24, 2.45) is 0 Å². The third-order valence-electron chi connectivity index (χ3n) is 3.92. The van der Waals surface area contributed by atoms with E-state index in [0.717, 1.165) is 4.57 Å². The first kappa shape index (κ1) is 17.1. The van der Waals surface area contributed by atoms with Gasteiger partial charge < -0.3 is 20.1 Å². The molecule has 128 valence electrons. The van der Waals surface area contributed by atoms with Gasteiger partial charge in [0, 0.05) is 16.2 Å². The van der Waals surface area contributed by atoms with Crippen molar-refractivity contribution in [3.05, 3.63) is 55.8 Å². The number of H-pyrrole nitrogens is 1. The van der Waals surface area contributed by atoms with Crippen molar-refractivity contribution in [1.29, 1.82) is 0 Å². The average molecular weight is 399 g/mol. The van der Waals surface area contributed by atoms with Crippen LogP contribution < -0.4 is 11.2 Å². The molecule has 1 aromatic heterocycles. The van der Waals surface area contributed by atoms with Crippen molar-refractivity contribution in [3.8, 4) is 11.1 Å². The van der Waals surface area contributed by atoms with Crippen molar-refractivity contribution >= 4 is 15.9 Å². The van der Waals surface area contributed by atoms with Crippen molar-refractivity contribution in [2.45, 2.75) is 24.5 Å². The molecule has 0 aliphatic carbocycles. The number of aliphatic hydroxyl groups excluding tert-OH is 3. The number of rotatable bonds is 3. The monoisotopic (exact) mass is 398 g/mol. The van der Waals surface area contributed by atoms with Crippen LogP contribution in [0.25, 0.3) is 11.1 Å². The van der Waals surface area contributed by atoms with E-state index in [-0.39, 0.29) is 5.56 Å². The molecule has 1 saturated heterocycles. The molecular formula is C15H15BrN2O6. The zero-order chi connectivity index (χ0) is 17.4. The SMILES string of the molecule is O=c1[nH]c(=O)n([C@@H]2O[C@H](CO)[C@@H](O)[C@H]2O)cc1-c1ccccc1Br. The van der Waals surface area contributed by atoms with Gasteiger partial charge in [-0.05, 0) is 6.07 Å². The highest BCUT2D eigenvalue weighted by atomic mass is 79.9. The predicted molar refractivity (Wildman–Crippen MR) is 87.5 cm³/mol. The molecule has 24 heavy (non-hydrogen) atoms. The van der Waals surface area contributed by atoms with Gasteiger partial charge in [0.05, 0.1) is 12.2 Å². The zero-order valence-electron chi connectivity index (χ0n) is 12.3. The summed E-state index contributed by atoms with van der Waals surface area (Å²) in [4.78, 5) is 26.4.